The van der Waals surface area contributed by atoms with E-state index in [4.69, 9.17) is 0 Å². The van der Waals surface area contributed by atoms with E-state index in [1.807, 2.05) is 0 Å². The molecule has 1 aliphatic rings. The summed E-state index contributed by atoms with van der Waals surface area (Å²) in [4.78, 5) is 0. The molecule has 1 saturated carbocycles. The minimum Gasteiger partial charge on any atom is -0.310 e. The fourth-order valence-electron chi connectivity index (χ4n) is 2.47. The van der Waals surface area contributed by atoms with E-state index >= 15 is 0 Å². The van der Waals surface area contributed by atoms with E-state index in [2.05, 4.69) is 59.4 Å². The quantitative estimate of drug-likeness (QED) is 0.865. The van der Waals surface area contributed by atoms with Crippen molar-refractivity contribution in [2.45, 2.75) is 52.1 Å². The average Bonchev–Trinajstić information content (AvgIpc) is 2.30. The third-order valence-corrected chi connectivity index (χ3v) is 4.38. The van der Waals surface area contributed by atoms with Crippen LogP contribution in [0.3, 0.4) is 0 Å². The van der Waals surface area contributed by atoms with Gasteiger partial charge >= 0.3 is 0 Å². The Balaban J connectivity index is 1.78. The average molecular weight is 296 g/mol. The summed E-state index contributed by atoms with van der Waals surface area (Å²) in [7, 11) is 0. The molecule has 1 aliphatic carbocycles. The van der Waals surface area contributed by atoms with Gasteiger partial charge in [-0.1, -0.05) is 41.9 Å². The fourth-order valence-corrected chi connectivity index (χ4v) is 2.73. The maximum absolute atomic E-state index is 3.68. The van der Waals surface area contributed by atoms with Crippen molar-refractivity contribution in [1.82, 2.24) is 5.32 Å². The summed E-state index contributed by atoms with van der Waals surface area (Å²) in [6, 6.07) is 9.31. The molecule has 1 aromatic rings. The van der Waals surface area contributed by atoms with Crippen LogP contribution in [0.4, 0.5) is 0 Å². The first-order chi connectivity index (χ1) is 8.05. The highest BCUT2D eigenvalue weighted by Crippen LogP contribution is 2.35. The smallest absolute Gasteiger partial charge is 0.0208 e. The van der Waals surface area contributed by atoms with Crippen molar-refractivity contribution >= 4 is 15.9 Å². The molecule has 0 saturated heterocycles. The van der Waals surface area contributed by atoms with Gasteiger partial charge in [0.05, 0.1) is 0 Å². The van der Waals surface area contributed by atoms with E-state index in [-0.39, 0.29) is 0 Å². The van der Waals surface area contributed by atoms with Gasteiger partial charge in [0.25, 0.3) is 0 Å². The molecule has 1 N–H and O–H groups in total. The lowest BCUT2D eigenvalue weighted by atomic mass is 9.75. The summed E-state index contributed by atoms with van der Waals surface area (Å²) in [5.41, 5.74) is 1.94. The topological polar surface area (TPSA) is 12.0 Å². The predicted octanol–water partition coefficient (Wildman–Crippen LogP) is 4.51. The maximum atomic E-state index is 3.68. The molecule has 0 radical (unpaired) electrons. The van der Waals surface area contributed by atoms with Crippen LogP contribution in [-0.2, 0) is 6.54 Å². The molecule has 0 unspecified atom stereocenters. The first kappa shape index (κ1) is 13.1. The van der Waals surface area contributed by atoms with Gasteiger partial charge in [-0.2, -0.15) is 0 Å². The molecule has 1 aromatic carbocycles. The molecule has 2 heteroatoms. The van der Waals surface area contributed by atoms with Crippen LogP contribution >= 0.6 is 15.9 Å². The maximum Gasteiger partial charge on any atom is 0.0208 e. The van der Waals surface area contributed by atoms with Crippen molar-refractivity contribution in [1.29, 1.82) is 0 Å². The summed E-state index contributed by atoms with van der Waals surface area (Å²) < 4.78 is 1.15. The molecule has 0 atom stereocenters. The summed E-state index contributed by atoms with van der Waals surface area (Å²) >= 11 is 3.47. The van der Waals surface area contributed by atoms with Crippen molar-refractivity contribution in [3.8, 4) is 0 Å². The Morgan fingerprint density at radius 1 is 1.18 bits per heavy atom. The van der Waals surface area contributed by atoms with Gasteiger partial charge in [0.1, 0.15) is 0 Å². The fraction of sp³-hybridized carbons (Fsp3) is 0.600. The van der Waals surface area contributed by atoms with Crippen LogP contribution in [0, 0.1) is 5.41 Å². The van der Waals surface area contributed by atoms with E-state index in [1.165, 1.54) is 31.2 Å². The first-order valence-electron chi connectivity index (χ1n) is 6.53. The third-order valence-electron chi connectivity index (χ3n) is 3.85. The van der Waals surface area contributed by atoms with Gasteiger partial charge in [-0.15, -0.1) is 0 Å². The second-order valence-electron chi connectivity index (χ2n) is 5.95. The summed E-state index contributed by atoms with van der Waals surface area (Å²) in [6.45, 7) is 5.77. The van der Waals surface area contributed by atoms with Gasteiger partial charge in [-0.05, 0) is 48.8 Å². The highest BCUT2D eigenvalue weighted by Gasteiger charge is 2.26. The van der Waals surface area contributed by atoms with Gasteiger partial charge < -0.3 is 5.32 Å². The Morgan fingerprint density at radius 3 is 2.35 bits per heavy atom. The third kappa shape index (κ3) is 4.11. The minimum absolute atomic E-state index is 0.565. The molecule has 0 heterocycles. The number of benzene rings is 1. The van der Waals surface area contributed by atoms with Gasteiger partial charge in [0.15, 0.2) is 0 Å². The number of halogens is 1. The minimum atomic E-state index is 0.565. The first-order valence-corrected chi connectivity index (χ1v) is 7.32. The molecule has 1 fully saturated rings. The summed E-state index contributed by atoms with van der Waals surface area (Å²) in [5.74, 6) is 0. The number of rotatable bonds is 3. The lowest BCUT2D eigenvalue weighted by Crippen LogP contribution is -2.35. The lowest BCUT2D eigenvalue weighted by molar-refractivity contribution is 0.206. The van der Waals surface area contributed by atoms with E-state index in [9.17, 15) is 0 Å². The van der Waals surface area contributed by atoms with E-state index in [1.54, 1.807) is 0 Å². The SMILES string of the molecule is CC1(C)CCC(NCc2ccc(Br)cc2)CC1. The molecular weight excluding hydrogens is 274 g/mol. The van der Waals surface area contributed by atoms with Crippen molar-refractivity contribution in [3.05, 3.63) is 34.3 Å². The molecule has 0 amide bonds. The predicted molar refractivity (Wildman–Crippen MR) is 77.0 cm³/mol. The summed E-state index contributed by atoms with van der Waals surface area (Å²) in [5, 5.41) is 3.68. The molecule has 94 valence electrons. The molecule has 0 aliphatic heterocycles. The second-order valence-corrected chi connectivity index (χ2v) is 6.86. The molecule has 2 rings (SSSR count). The van der Waals surface area contributed by atoms with E-state index in [0.717, 1.165) is 11.0 Å². The van der Waals surface area contributed by atoms with Gasteiger partial charge in [0.2, 0.25) is 0 Å². The molecule has 1 nitrogen and oxygen atoms in total. The number of nitrogens with one attached hydrogen (secondary N) is 1. The lowest BCUT2D eigenvalue weighted by Gasteiger charge is -2.34. The highest BCUT2D eigenvalue weighted by atomic mass is 79.9. The van der Waals surface area contributed by atoms with Gasteiger partial charge in [0, 0.05) is 17.1 Å². The standard InChI is InChI=1S/C15H22BrN/c1-15(2)9-7-14(8-10-15)17-11-12-3-5-13(16)6-4-12/h3-6,14,17H,7-11H2,1-2H3. The van der Waals surface area contributed by atoms with Crippen molar-refractivity contribution in [2.24, 2.45) is 5.41 Å². The van der Waals surface area contributed by atoms with Crippen LogP contribution in [0.1, 0.15) is 45.1 Å². The zero-order valence-electron chi connectivity index (χ0n) is 10.8. The number of hydrogen-bond acceptors (Lipinski definition) is 1. The van der Waals surface area contributed by atoms with Crippen molar-refractivity contribution < 1.29 is 0 Å². The van der Waals surface area contributed by atoms with Crippen LogP contribution in [0.15, 0.2) is 28.7 Å². The van der Waals surface area contributed by atoms with Crippen LogP contribution in [0.25, 0.3) is 0 Å². The zero-order valence-corrected chi connectivity index (χ0v) is 12.4. The Morgan fingerprint density at radius 2 is 1.76 bits per heavy atom. The Bertz CT molecular complexity index is 346. The van der Waals surface area contributed by atoms with Crippen LogP contribution in [0.2, 0.25) is 0 Å². The van der Waals surface area contributed by atoms with Gasteiger partial charge in [-0.25, -0.2) is 0 Å². The molecule has 0 aromatic heterocycles. The van der Waals surface area contributed by atoms with Crippen LogP contribution in [-0.4, -0.2) is 6.04 Å². The monoisotopic (exact) mass is 295 g/mol. The molecule has 17 heavy (non-hydrogen) atoms. The normalized spacial score (nSPS) is 20.4. The zero-order chi connectivity index (χ0) is 12.3. The molecular formula is C15H22BrN. The van der Waals surface area contributed by atoms with E-state index < -0.39 is 0 Å². The second kappa shape index (κ2) is 5.53. The Kier molecular flexibility index (Phi) is 4.26. The highest BCUT2D eigenvalue weighted by molar-refractivity contribution is 9.10. The largest absolute Gasteiger partial charge is 0.310 e. The Labute approximate surface area is 113 Å². The van der Waals surface area contributed by atoms with Crippen LogP contribution in [0.5, 0.6) is 0 Å². The van der Waals surface area contributed by atoms with E-state index in [0.29, 0.717) is 11.5 Å². The van der Waals surface area contributed by atoms with Crippen LogP contribution < -0.4 is 5.32 Å². The van der Waals surface area contributed by atoms with Crippen molar-refractivity contribution in [3.63, 3.8) is 0 Å². The molecule has 0 bridgehead atoms. The summed E-state index contributed by atoms with van der Waals surface area (Å²) in [6.07, 6.45) is 5.35. The van der Waals surface area contributed by atoms with Crippen molar-refractivity contribution in [2.75, 3.05) is 0 Å². The Hall–Kier alpha value is -0.340. The van der Waals surface area contributed by atoms with Gasteiger partial charge in [-0.3, -0.25) is 0 Å². The molecule has 0 spiro atoms. The number of hydrogen-bond donors (Lipinski definition) is 1.